The summed E-state index contributed by atoms with van der Waals surface area (Å²) in [5.74, 6) is 0.463. The summed E-state index contributed by atoms with van der Waals surface area (Å²) >= 11 is 6.09. The lowest BCUT2D eigenvalue weighted by Gasteiger charge is -2.12. The Morgan fingerprint density at radius 1 is 1.50 bits per heavy atom. The summed E-state index contributed by atoms with van der Waals surface area (Å²) in [7, 11) is 1.73. The van der Waals surface area contributed by atoms with Crippen molar-refractivity contribution < 1.29 is 0 Å². The Bertz CT molecular complexity index is 560. The van der Waals surface area contributed by atoms with Crippen molar-refractivity contribution >= 4 is 29.3 Å². The summed E-state index contributed by atoms with van der Waals surface area (Å²) in [6, 6.07) is 0. The molecule has 1 aliphatic heterocycles. The van der Waals surface area contributed by atoms with Gasteiger partial charge in [-0.25, -0.2) is 9.97 Å². The smallest absolute Gasteiger partial charge is 0.223 e. The predicted octanol–water partition coefficient (Wildman–Crippen LogP) is 2.21. The molecule has 0 aliphatic carbocycles. The third kappa shape index (κ3) is 2.41. The van der Waals surface area contributed by atoms with Gasteiger partial charge in [0.2, 0.25) is 5.95 Å². The number of aromatic nitrogens is 2. The van der Waals surface area contributed by atoms with E-state index in [1.54, 1.807) is 13.2 Å². The van der Waals surface area contributed by atoms with Crippen molar-refractivity contribution in [2.45, 2.75) is 0 Å². The van der Waals surface area contributed by atoms with Gasteiger partial charge in [-0.15, -0.1) is 0 Å². The molecule has 92 valence electrons. The van der Waals surface area contributed by atoms with Crippen molar-refractivity contribution in [3.05, 3.63) is 47.0 Å². The first-order chi connectivity index (χ1) is 8.76. The van der Waals surface area contributed by atoms with Crippen LogP contribution in [-0.4, -0.2) is 23.2 Å². The molecule has 0 fully saturated rings. The molecule has 0 aromatic carbocycles. The summed E-state index contributed by atoms with van der Waals surface area (Å²) in [6.07, 6.45) is 10.1. The van der Waals surface area contributed by atoms with E-state index in [2.05, 4.69) is 20.6 Å². The fraction of sp³-hybridized carbons (Fsp3) is 0.0833. The van der Waals surface area contributed by atoms with E-state index < -0.39 is 0 Å². The van der Waals surface area contributed by atoms with Gasteiger partial charge in [0.05, 0.1) is 16.9 Å². The summed E-state index contributed by atoms with van der Waals surface area (Å²) < 4.78 is 0. The SMILES string of the molecule is CNc1ncc(Cl)c(/C(C=N)=C2\C=CC=CN2)n1. The van der Waals surface area contributed by atoms with E-state index in [4.69, 9.17) is 17.0 Å². The number of halogens is 1. The van der Waals surface area contributed by atoms with Crippen LogP contribution in [0.1, 0.15) is 5.69 Å². The zero-order valence-corrected chi connectivity index (χ0v) is 10.5. The molecule has 6 heteroatoms. The van der Waals surface area contributed by atoms with Crippen molar-refractivity contribution in [2.75, 3.05) is 12.4 Å². The number of hydrogen-bond acceptors (Lipinski definition) is 5. The van der Waals surface area contributed by atoms with E-state index in [0.29, 0.717) is 22.2 Å². The average Bonchev–Trinajstić information content (AvgIpc) is 2.43. The number of anilines is 1. The zero-order chi connectivity index (χ0) is 13.0. The highest BCUT2D eigenvalue weighted by molar-refractivity contribution is 6.33. The van der Waals surface area contributed by atoms with E-state index in [-0.39, 0.29) is 0 Å². The fourth-order valence-corrected chi connectivity index (χ4v) is 1.70. The number of nitrogens with zero attached hydrogens (tertiary/aromatic N) is 2. The van der Waals surface area contributed by atoms with Gasteiger partial charge in [0.25, 0.3) is 0 Å². The molecule has 2 heterocycles. The highest BCUT2D eigenvalue weighted by atomic mass is 35.5. The minimum absolute atomic E-state index is 0.407. The van der Waals surface area contributed by atoms with Gasteiger partial charge in [-0.2, -0.15) is 0 Å². The maximum atomic E-state index is 7.54. The van der Waals surface area contributed by atoms with Crippen LogP contribution in [0.3, 0.4) is 0 Å². The normalized spacial score (nSPS) is 16.1. The second kappa shape index (κ2) is 5.46. The monoisotopic (exact) mass is 261 g/mol. The number of allylic oxidation sites excluding steroid dienone is 4. The van der Waals surface area contributed by atoms with Gasteiger partial charge >= 0.3 is 0 Å². The first kappa shape index (κ1) is 12.3. The third-order valence-corrected chi connectivity index (χ3v) is 2.64. The van der Waals surface area contributed by atoms with Crippen molar-refractivity contribution in [3.63, 3.8) is 0 Å². The third-order valence-electron chi connectivity index (χ3n) is 2.37. The molecule has 1 aromatic rings. The fourth-order valence-electron chi connectivity index (χ4n) is 1.51. The lowest BCUT2D eigenvalue weighted by atomic mass is 10.1. The van der Waals surface area contributed by atoms with Crippen molar-refractivity contribution in [1.29, 1.82) is 5.41 Å². The van der Waals surface area contributed by atoms with Crippen LogP contribution in [0.4, 0.5) is 5.95 Å². The molecule has 1 aliphatic rings. The number of nitrogens with one attached hydrogen (secondary N) is 3. The second-order valence-electron chi connectivity index (χ2n) is 3.47. The van der Waals surface area contributed by atoms with Crippen LogP contribution in [0.5, 0.6) is 0 Å². The zero-order valence-electron chi connectivity index (χ0n) is 9.74. The van der Waals surface area contributed by atoms with Crippen LogP contribution in [0.15, 0.2) is 36.3 Å². The molecule has 18 heavy (non-hydrogen) atoms. The maximum absolute atomic E-state index is 7.54. The number of rotatable bonds is 3. The molecule has 0 bridgehead atoms. The lowest BCUT2D eigenvalue weighted by molar-refractivity contribution is 1.09. The first-order valence-corrected chi connectivity index (χ1v) is 5.69. The maximum Gasteiger partial charge on any atom is 0.223 e. The van der Waals surface area contributed by atoms with E-state index >= 15 is 0 Å². The largest absolute Gasteiger partial charge is 0.361 e. The van der Waals surface area contributed by atoms with Crippen LogP contribution in [0.25, 0.3) is 5.57 Å². The number of dihydropyridines is 1. The second-order valence-corrected chi connectivity index (χ2v) is 3.88. The molecule has 0 spiro atoms. The molecule has 1 aromatic heterocycles. The van der Waals surface area contributed by atoms with Crippen LogP contribution < -0.4 is 10.6 Å². The molecular weight excluding hydrogens is 250 g/mol. The van der Waals surface area contributed by atoms with Gasteiger partial charge < -0.3 is 16.0 Å². The first-order valence-electron chi connectivity index (χ1n) is 5.31. The summed E-state index contributed by atoms with van der Waals surface area (Å²) in [4.78, 5) is 8.29. The summed E-state index contributed by atoms with van der Waals surface area (Å²) in [6.45, 7) is 0. The Kier molecular flexibility index (Phi) is 3.74. The molecule has 0 atom stereocenters. The molecule has 3 N–H and O–H groups in total. The van der Waals surface area contributed by atoms with E-state index in [0.717, 1.165) is 5.70 Å². The van der Waals surface area contributed by atoms with Gasteiger partial charge in [-0.3, -0.25) is 0 Å². The minimum atomic E-state index is 0.407. The molecule has 5 nitrogen and oxygen atoms in total. The van der Waals surface area contributed by atoms with E-state index in [1.807, 2.05) is 18.2 Å². The average molecular weight is 262 g/mol. The Morgan fingerprint density at radius 3 is 2.94 bits per heavy atom. The Morgan fingerprint density at radius 2 is 2.33 bits per heavy atom. The lowest BCUT2D eigenvalue weighted by Crippen LogP contribution is -2.10. The standard InChI is InChI=1S/C12H12ClN5/c1-15-12-17-7-9(13)11(18-12)8(6-14)10-4-2-3-5-16-10/h2-7,14,16H,1H3,(H,15,17,18)/b10-8+,14-6?. The van der Waals surface area contributed by atoms with E-state index in [9.17, 15) is 0 Å². The van der Waals surface area contributed by atoms with E-state index in [1.165, 1.54) is 12.4 Å². The Balaban J connectivity index is 2.54. The summed E-state index contributed by atoms with van der Waals surface area (Å²) in [5, 5.41) is 13.8. The van der Waals surface area contributed by atoms with Crippen LogP contribution >= 0.6 is 11.6 Å². The quantitative estimate of drug-likeness (QED) is 0.730. The Hall–Kier alpha value is -2.14. The molecule has 0 saturated heterocycles. The molecule has 0 radical (unpaired) electrons. The van der Waals surface area contributed by atoms with Gasteiger partial charge in [0.1, 0.15) is 0 Å². The predicted molar refractivity (Wildman–Crippen MR) is 73.7 cm³/mol. The van der Waals surface area contributed by atoms with Crippen LogP contribution in [0.2, 0.25) is 5.02 Å². The molecule has 0 unspecified atom stereocenters. The van der Waals surface area contributed by atoms with Crippen LogP contribution in [-0.2, 0) is 0 Å². The van der Waals surface area contributed by atoms with Crippen LogP contribution in [0, 0.1) is 5.41 Å². The van der Waals surface area contributed by atoms with Gasteiger partial charge in [-0.05, 0) is 12.2 Å². The van der Waals surface area contributed by atoms with Gasteiger partial charge in [0, 0.05) is 30.7 Å². The van der Waals surface area contributed by atoms with Crippen molar-refractivity contribution in [1.82, 2.24) is 15.3 Å². The topological polar surface area (TPSA) is 73.7 Å². The van der Waals surface area contributed by atoms with Crippen molar-refractivity contribution in [2.24, 2.45) is 0 Å². The highest BCUT2D eigenvalue weighted by Gasteiger charge is 2.12. The van der Waals surface area contributed by atoms with Gasteiger partial charge in [0.15, 0.2) is 0 Å². The minimum Gasteiger partial charge on any atom is -0.361 e. The Labute approximate surface area is 110 Å². The van der Waals surface area contributed by atoms with Gasteiger partial charge in [-0.1, -0.05) is 17.7 Å². The molecule has 2 rings (SSSR count). The van der Waals surface area contributed by atoms with Crippen molar-refractivity contribution in [3.8, 4) is 0 Å². The molecule has 0 amide bonds. The highest BCUT2D eigenvalue weighted by Crippen LogP contribution is 2.24. The molecule has 0 saturated carbocycles. The molecular formula is C12H12ClN5. The number of hydrogen-bond donors (Lipinski definition) is 3. The summed E-state index contributed by atoms with van der Waals surface area (Å²) in [5.41, 5.74) is 1.91.